The molecule has 0 aliphatic carbocycles. The molecule has 1 aromatic rings. The zero-order chi connectivity index (χ0) is 16.0. The fraction of sp³-hybridized carbons (Fsp3) is 0.688. The van der Waals surface area contributed by atoms with Gasteiger partial charge in [-0.05, 0) is 25.9 Å². The highest BCUT2D eigenvalue weighted by Crippen LogP contribution is 2.28. The van der Waals surface area contributed by atoms with Crippen molar-refractivity contribution >= 4 is 17.5 Å². The van der Waals surface area contributed by atoms with Crippen LogP contribution >= 0.6 is 0 Å². The van der Waals surface area contributed by atoms with Gasteiger partial charge in [0.05, 0.1) is 17.8 Å². The molecule has 1 unspecified atom stereocenters. The Bertz CT molecular complexity index is 616. The van der Waals surface area contributed by atoms with E-state index in [0.29, 0.717) is 19.0 Å². The van der Waals surface area contributed by atoms with E-state index in [1.807, 2.05) is 18.1 Å². The molecular weight excluding hydrogens is 294 g/mol. The summed E-state index contributed by atoms with van der Waals surface area (Å²) < 4.78 is 1.67. The molecule has 3 fully saturated rings. The van der Waals surface area contributed by atoms with E-state index in [2.05, 4.69) is 10.00 Å². The zero-order valence-electron chi connectivity index (χ0n) is 13.5. The molecule has 3 saturated heterocycles. The Balaban J connectivity index is 1.34. The van der Waals surface area contributed by atoms with Gasteiger partial charge in [-0.2, -0.15) is 5.10 Å². The molecule has 2 amide bonds. The fourth-order valence-electron chi connectivity index (χ4n) is 3.90. The van der Waals surface area contributed by atoms with Crippen LogP contribution in [0.1, 0.15) is 19.3 Å². The lowest BCUT2D eigenvalue weighted by atomic mass is 10.0. The van der Waals surface area contributed by atoms with Crippen molar-refractivity contribution in [3.05, 3.63) is 12.4 Å². The molecule has 0 aromatic carbocycles. The van der Waals surface area contributed by atoms with Gasteiger partial charge in [0, 0.05) is 45.3 Å². The van der Waals surface area contributed by atoms with Crippen LogP contribution in [0.4, 0.5) is 5.69 Å². The molecule has 7 nitrogen and oxygen atoms in total. The molecule has 4 heterocycles. The first-order valence-electron chi connectivity index (χ1n) is 8.43. The number of likely N-dealkylation sites (tertiary alicyclic amines) is 2. The van der Waals surface area contributed by atoms with Gasteiger partial charge < -0.3 is 9.80 Å². The predicted octanol–water partition coefficient (Wildman–Crippen LogP) is 0.0796. The normalized spacial score (nSPS) is 26.1. The van der Waals surface area contributed by atoms with Gasteiger partial charge in [0.2, 0.25) is 11.8 Å². The smallest absolute Gasteiger partial charge is 0.228 e. The van der Waals surface area contributed by atoms with Crippen LogP contribution in [0.15, 0.2) is 12.4 Å². The average molecular weight is 317 g/mol. The van der Waals surface area contributed by atoms with Crippen LogP contribution in [0.25, 0.3) is 0 Å². The molecule has 0 radical (unpaired) electrons. The minimum absolute atomic E-state index is 0.0213. The summed E-state index contributed by atoms with van der Waals surface area (Å²) in [5, 5.41) is 4.10. The van der Waals surface area contributed by atoms with Gasteiger partial charge in [-0.3, -0.25) is 19.2 Å². The summed E-state index contributed by atoms with van der Waals surface area (Å²) in [6, 6.07) is 0.535. The van der Waals surface area contributed by atoms with Crippen LogP contribution in [-0.2, 0) is 16.6 Å². The SMILES string of the molecule is Cn1cc(N2CC(C(=O)N3CC(N4CCCC4)C3)CC2=O)cn1. The van der Waals surface area contributed by atoms with E-state index < -0.39 is 0 Å². The third-order valence-corrected chi connectivity index (χ3v) is 5.31. The van der Waals surface area contributed by atoms with Gasteiger partial charge in [-0.15, -0.1) is 0 Å². The Labute approximate surface area is 135 Å². The molecule has 0 saturated carbocycles. The lowest BCUT2D eigenvalue weighted by Gasteiger charge is -2.44. The monoisotopic (exact) mass is 317 g/mol. The predicted molar refractivity (Wildman–Crippen MR) is 84.8 cm³/mol. The van der Waals surface area contributed by atoms with Crippen LogP contribution in [0, 0.1) is 5.92 Å². The molecule has 1 atom stereocenters. The van der Waals surface area contributed by atoms with Gasteiger partial charge >= 0.3 is 0 Å². The van der Waals surface area contributed by atoms with Crippen molar-refractivity contribution in [2.75, 3.05) is 37.6 Å². The summed E-state index contributed by atoms with van der Waals surface area (Å²) in [6.07, 6.45) is 6.37. The van der Waals surface area contributed by atoms with E-state index in [1.54, 1.807) is 15.8 Å². The Morgan fingerprint density at radius 2 is 1.96 bits per heavy atom. The van der Waals surface area contributed by atoms with E-state index in [9.17, 15) is 9.59 Å². The van der Waals surface area contributed by atoms with E-state index in [4.69, 9.17) is 0 Å². The van der Waals surface area contributed by atoms with Crippen molar-refractivity contribution in [2.24, 2.45) is 13.0 Å². The van der Waals surface area contributed by atoms with E-state index >= 15 is 0 Å². The highest BCUT2D eigenvalue weighted by atomic mass is 16.2. The molecule has 7 heteroatoms. The summed E-state index contributed by atoms with van der Waals surface area (Å²) in [4.78, 5) is 30.9. The Kier molecular flexibility index (Phi) is 3.60. The van der Waals surface area contributed by atoms with Gasteiger partial charge in [0.25, 0.3) is 0 Å². The summed E-state index contributed by atoms with van der Waals surface area (Å²) in [7, 11) is 1.82. The maximum atomic E-state index is 12.6. The third-order valence-electron chi connectivity index (χ3n) is 5.31. The van der Waals surface area contributed by atoms with Crippen LogP contribution in [0.5, 0.6) is 0 Å². The van der Waals surface area contributed by atoms with E-state index in [0.717, 1.165) is 18.8 Å². The van der Waals surface area contributed by atoms with E-state index in [1.165, 1.54) is 25.9 Å². The van der Waals surface area contributed by atoms with Crippen molar-refractivity contribution in [3.8, 4) is 0 Å². The first-order chi connectivity index (χ1) is 11.1. The largest absolute Gasteiger partial charge is 0.339 e. The number of aryl methyl sites for hydroxylation is 1. The second kappa shape index (κ2) is 5.63. The van der Waals surface area contributed by atoms with Crippen molar-refractivity contribution in [1.29, 1.82) is 0 Å². The van der Waals surface area contributed by atoms with Crippen molar-refractivity contribution in [1.82, 2.24) is 19.6 Å². The second-order valence-corrected chi connectivity index (χ2v) is 6.92. The number of amides is 2. The molecule has 124 valence electrons. The standard InChI is InChI=1S/C16H23N5O2/c1-18-9-13(7-17-18)21-8-12(6-15(21)22)16(23)20-10-14(11-20)19-4-2-3-5-19/h7,9,12,14H,2-6,8,10-11H2,1H3. The first-order valence-corrected chi connectivity index (χ1v) is 8.43. The number of hydrogen-bond donors (Lipinski definition) is 0. The van der Waals surface area contributed by atoms with Gasteiger partial charge in [0.1, 0.15) is 0 Å². The molecule has 0 bridgehead atoms. The van der Waals surface area contributed by atoms with Gasteiger partial charge in [-0.1, -0.05) is 0 Å². The van der Waals surface area contributed by atoms with Crippen molar-refractivity contribution < 1.29 is 9.59 Å². The van der Waals surface area contributed by atoms with Gasteiger partial charge in [0.15, 0.2) is 0 Å². The second-order valence-electron chi connectivity index (χ2n) is 6.92. The van der Waals surface area contributed by atoms with Crippen molar-refractivity contribution in [3.63, 3.8) is 0 Å². The number of anilines is 1. The third kappa shape index (κ3) is 2.63. The average Bonchev–Trinajstić information content (AvgIpc) is 3.18. The molecule has 3 aliphatic heterocycles. The molecular formula is C16H23N5O2. The highest BCUT2D eigenvalue weighted by Gasteiger charge is 2.42. The lowest BCUT2D eigenvalue weighted by Crippen LogP contribution is -2.61. The summed E-state index contributed by atoms with van der Waals surface area (Å²) in [5.41, 5.74) is 0.784. The maximum Gasteiger partial charge on any atom is 0.228 e. The topological polar surface area (TPSA) is 61.7 Å². The van der Waals surface area contributed by atoms with Crippen LogP contribution in [-0.4, -0.2) is 70.2 Å². The Hall–Kier alpha value is -1.89. The highest BCUT2D eigenvalue weighted by molar-refractivity contribution is 6.00. The van der Waals surface area contributed by atoms with Crippen LogP contribution in [0.3, 0.4) is 0 Å². The Morgan fingerprint density at radius 1 is 1.22 bits per heavy atom. The van der Waals surface area contributed by atoms with E-state index in [-0.39, 0.29) is 17.7 Å². The molecule has 3 aliphatic rings. The van der Waals surface area contributed by atoms with Crippen LogP contribution < -0.4 is 4.90 Å². The van der Waals surface area contributed by atoms with Gasteiger partial charge in [-0.25, -0.2) is 0 Å². The fourth-order valence-corrected chi connectivity index (χ4v) is 3.90. The molecule has 0 N–H and O–H groups in total. The quantitative estimate of drug-likeness (QED) is 0.792. The zero-order valence-corrected chi connectivity index (χ0v) is 13.5. The minimum Gasteiger partial charge on any atom is -0.339 e. The number of carbonyl (C=O) groups is 2. The number of carbonyl (C=O) groups excluding carboxylic acids is 2. The number of nitrogens with zero attached hydrogens (tertiary/aromatic N) is 5. The summed E-state index contributed by atoms with van der Waals surface area (Å²) in [5.74, 6) is -0.0459. The van der Waals surface area contributed by atoms with Crippen LogP contribution in [0.2, 0.25) is 0 Å². The number of hydrogen-bond acceptors (Lipinski definition) is 4. The number of rotatable bonds is 3. The first kappa shape index (κ1) is 14.7. The maximum absolute atomic E-state index is 12.6. The number of aromatic nitrogens is 2. The molecule has 23 heavy (non-hydrogen) atoms. The summed E-state index contributed by atoms with van der Waals surface area (Å²) in [6.45, 7) is 4.48. The molecule has 1 aromatic heterocycles. The molecule has 0 spiro atoms. The minimum atomic E-state index is -0.206. The van der Waals surface area contributed by atoms with Crippen molar-refractivity contribution in [2.45, 2.75) is 25.3 Å². The lowest BCUT2D eigenvalue weighted by molar-refractivity contribution is -0.142. The Morgan fingerprint density at radius 3 is 2.61 bits per heavy atom. The molecule has 4 rings (SSSR count). The summed E-state index contributed by atoms with van der Waals surface area (Å²) >= 11 is 0.